The van der Waals surface area contributed by atoms with Crippen LogP contribution in [0.2, 0.25) is 0 Å². The van der Waals surface area contributed by atoms with Crippen LogP contribution in [0.5, 0.6) is 0 Å². The maximum atomic E-state index is 9.01. The summed E-state index contributed by atoms with van der Waals surface area (Å²) >= 11 is 1.44. The highest BCUT2D eigenvalue weighted by Gasteiger charge is 2.01. The predicted molar refractivity (Wildman–Crippen MR) is 44.4 cm³/mol. The molecule has 0 aliphatic rings. The van der Waals surface area contributed by atoms with Crippen LogP contribution in [-0.2, 0) is 6.42 Å². The first-order chi connectivity index (χ1) is 5.22. The van der Waals surface area contributed by atoms with Gasteiger partial charge < -0.3 is 5.11 Å². The number of aliphatic hydroxyl groups excluding tert-OH is 1. The van der Waals surface area contributed by atoms with Crippen LogP contribution in [0, 0.1) is 11.3 Å². The Labute approximate surface area is 69.7 Å². The number of aliphatic hydroxyl groups is 1. The standard InChI is InChI=1S/C8H9NOS/c1-6(10)4-7-2-3-8(5-9)11-7/h2-3,6,10H,4H2,1H3/t6-/m1/s1. The molecule has 0 saturated carbocycles. The molecule has 1 atom stereocenters. The number of hydrogen-bond donors (Lipinski definition) is 1. The van der Waals surface area contributed by atoms with Gasteiger partial charge in [-0.1, -0.05) is 0 Å². The summed E-state index contributed by atoms with van der Waals surface area (Å²) in [6.07, 6.45) is 0.326. The zero-order valence-electron chi connectivity index (χ0n) is 6.24. The third-order valence-electron chi connectivity index (χ3n) is 1.27. The zero-order chi connectivity index (χ0) is 8.27. The average Bonchev–Trinajstić information content (AvgIpc) is 2.34. The second kappa shape index (κ2) is 3.51. The van der Waals surface area contributed by atoms with Crippen LogP contribution in [0.15, 0.2) is 12.1 Å². The van der Waals surface area contributed by atoms with Gasteiger partial charge in [-0.25, -0.2) is 0 Å². The van der Waals surface area contributed by atoms with Gasteiger partial charge in [0.2, 0.25) is 0 Å². The minimum absolute atomic E-state index is 0.319. The molecule has 1 aromatic heterocycles. The minimum atomic E-state index is -0.319. The highest BCUT2D eigenvalue weighted by Crippen LogP contribution is 2.16. The van der Waals surface area contributed by atoms with Crippen LogP contribution in [0.1, 0.15) is 16.7 Å². The van der Waals surface area contributed by atoms with Crippen molar-refractivity contribution in [1.82, 2.24) is 0 Å². The smallest absolute Gasteiger partial charge is 0.110 e. The van der Waals surface area contributed by atoms with E-state index in [2.05, 4.69) is 6.07 Å². The summed E-state index contributed by atoms with van der Waals surface area (Å²) in [5, 5.41) is 17.5. The molecule has 0 unspecified atom stereocenters. The molecular formula is C8H9NOS. The first kappa shape index (κ1) is 8.25. The highest BCUT2D eigenvalue weighted by atomic mass is 32.1. The van der Waals surface area contributed by atoms with Crippen LogP contribution in [0.4, 0.5) is 0 Å². The Balaban J connectivity index is 2.67. The molecule has 1 N–H and O–H groups in total. The number of nitriles is 1. The fourth-order valence-corrected chi connectivity index (χ4v) is 1.76. The molecule has 0 fully saturated rings. The van der Waals surface area contributed by atoms with Crippen molar-refractivity contribution in [3.8, 4) is 6.07 Å². The molecule has 1 aromatic rings. The van der Waals surface area contributed by atoms with Crippen LogP contribution in [0.25, 0.3) is 0 Å². The summed E-state index contributed by atoms with van der Waals surface area (Å²) in [5.74, 6) is 0. The molecule has 0 aliphatic carbocycles. The van der Waals surface area contributed by atoms with Crippen molar-refractivity contribution in [1.29, 1.82) is 5.26 Å². The lowest BCUT2D eigenvalue weighted by atomic mass is 10.2. The molecule has 1 heterocycles. The van der Waals surface area contributed by atoms with Gasteiger partial charge in [-0.15, -0.1) is 11.3 Å². The minimum Gasteiger partial charge on any atom is -0.393 e. The number of hydrogen-bond acceptors (Lipinski definition) is 3. The van der Waals surface area contributed by atoms with E-state index in [-0.39, 0.29) is 6.10 Å². The SMILES string of the molecule is C[C@@H](O)Cc1ccc(C#N)s1. The second-order valence-electron chi connectivity index (χ2n) is 2.43. The van der Waals surface area contributed by atoms with Crippen molar-refractivity contribution in [3.05, 3.63) is 21.9 Å². The third kappa shape index (κ3) is 2.34. The molecule has 0 aliphatic heterocycles. The molecule has 58 valence electrons. The molecule has 0 saturated heterocycles. The molecular weight excluding hydrogens is 158 g/mol. The highest BCUT2D eigenvalue weighted by molar-refractivity contribution is 7.12. The van der Waals surface area contributed by atoms with Gasteiger partial charge in [0.1, 0.15) is 10.9 Å². The van der Waals surface area contributed by atoms with Crippen molar-refractivity contribution in [2.75, 3.05) is 0 Å². The van der Waals surface area contributed by atoms with E-state index in [4.69, 9.17) is 10.4 Å². The summed E-state index contributed by atoms with van der Waals surface area (Å²) in [6.45, 7) is 1.74. The van der Waals surface area contributed by atoms with E-state index in [1.54, 1.807) is 13.0 Å². The first-order valence-corrected chi connectivity index (χ1v) is 4.21. The van der Waals surface area contributed by atoms with Gasteiger partial charge in [-0.3, -0.25) is 0 Å². The van der Waals surface area contributed by atoms with Crippen LogP contribution < -0.4 is 0 Å². The van der Waals surface area contributed by atoms with Crippen molar-refractivity contribution in [2.24, 2.45) is 0 Å². The zero-order valence-corrected chi connectivity index (χ0v) is 7.06. The lowest BCUT2D eigenvalue weighted by molar-refractivity contribution is 0.196. The molecule has 0 bridgehead atoms. The van der Waals surface area contributed by atoms with Gasteiger partial charge in [-0.2, -0.15) is 5.26 Å². The van der Waals surface area contributed by atoms with Crippen molar-refractivity contribution in [2.45, 2.75) is 19.4 Å². The summed E-state index contributed by atoms with van der Waals surface area (Å²) in [5.41, 5.74) is 0. The van der Waals surface area contributed by atoms with Gasteiger partial charge >= 0.3 is 0 Å². The van der Waals surface area contributed by atoms with Crippen molar-refractivity contribution >= 4 is 11.3 Å². The van der Waals surface area contributed by atoms with Gasteiger partial charge in [0.25, 0.3) is 0 Å². The summed E-state index contributed by atoms with van der Waals surface area (Å²) < 4.78 is 0. The Morgan fingerprint density at radius 1 is 1.73 bits per heavy atom. The van der Waals surface area contributed by atoms with E-state index in [1.165, 1.54) is 11.3 Å². The molecule has 11 heavy (non-hydrogen) atoms. The van der Waals surface area contributed by atoms with Gasteiger partial charge in [0.05, 0.1) is 6.10 Å². The lowest BCUT2D eigenvalue weighted by Crippen LogP contribution is -2.01. The van der Waals surface area contributed by atoms with E-state index >= 15 is 0 Å². The average molecular weight is 167 g/mol. The largest absolute Gasteiger partial charge is 0.393 e. The Morgan fingerprint density at radius 3 is 2.91 bits per heavy atom. The van der Waals surface area contributed by atoms with E-state index < -0.39 is 0 Å². The normalized spacial score (nSPS) is 12.5. The maximum absolute atomic E-state index is 9.01. The number of rotatable bonds is 2. The van der Waals surface area contributed by atoms with Gasteiger partial charge in [0.15, 0.2) is 0 Å². The predicted octanol–water partition coefficient (Wildman–Crippen LogP) is 1.54. The Kier molecular flexibility index (Phi) is 2.64. The van der Waals surface area contributed by atoms with E-state index in [1.807, 2.05) is 6.07 Å². The second-order valence-corrected chi connectivity index (χ2v) is 3.60. The topological polar surface area (TPSA) is 44.0 Å². The fraction of sp³-hybridized carbons (Fsp3) is 0.375. The fourth-order valence-electron chi connectivity index (χ4n) is 0.839. The Bertz CT molecular complexity index is 272. The maximum Gasteiger partial charge on any atom is 0.110 e. The van der Waals surface area contributed by atoms with E-state index in [0.717, 1.165) is 4.88 Å². The van der Waals surface area contributed by atoms with Gasteiger partial charge in [-0.05, 0) is 19.1 Å². The Hall–Kier alpha value is -0.850. The molecule has 1 rings (SSSR count). The first-order valence-electron chi connectivity index (χ1n) is 3.39. The number of nitrogens with zero attached hydrogens (tertiary/aromatic N) is 1. The Morgan fingerprint density at radius 2 is 2.45 bits per heavy atom. The summed E-state index contributed by atoms with van der Waals surface area (Å²) in [7, 11) is 0. The monoisotopic (exact) mass is 167 g/mol. The summed E-state index contributed by atoms with van der Waals surface area (Å²) in [4.78, 5) is 1.78. The molecule has 0 amide bonds. The third-order valence-corrected chi connectivity index (χ3v) is 2.28. The molecule has 0 aromatic carbocycles. The molecule has 2 nitrogen and oxygen atoms in total. The quantitative estimate of drug-likeness (QED) is 0.726. The van der Waals surface area contributed by atoms with Crippen LogP contribution in [-0.4, -0.2) is 11.2 Å². The van der Waals surface area contributed by atoms with E-state index in [9.17, 15) is 0 Å². The molecule has 0 radical (unpaired) electrons. The van der Waals surface area contributed by atoms with Crippen molar-refractivity contribution < 1.29 is 5.11 Å². The van der Waals surface area contributed by atoms with E-state index in [0.29, 0.717) is 11.3 Å². The van der Waals surface area contributed by atoms with Crippen molar-refractivity contribution in [3.63, 3.8) is 0 Å². The van der Waals surface area contributed by atoms with Crippen LogP contribution >= 0.6 is 11.3 Å². The van der Waals surface area contributed by atoms with Crippen LogP contribution in [0.3, 0.4) is 0 Å². The van der Waals surface area contributed by atoms with Gasteiger partial charge in [0, 0.05) is 11.3 Å². The molecule has 0 spiro atoms. The summed E-state index contributed by atoms with van der Waals surface area (Å²) in [6, 6.07) is 5.72. The lowest BCUT2D eigenvalue weighted by Gasteiger charge is -1.98. The number of thiophene rings is 1. The molecule has 3 heteroatoms.